The predicted molar refractivity (Wildman–Crippen MR) is 106 cm³/mol. The average molecular weight is 320 g/mol. The molecule has 0 unspecified atom stereocenters. The van der Waals surface area contributed by atoms with Gasteiger partial charge in [0.05, 0.1) is 0 Å². The zero-order valence-corrected chi connectivity index (χ0v) is 15.0. The van der Waals surface area contributed by atoms with Crippen molar-refractivity contribution in [1.29, 1.82) is 0 Å². The van der Waals surface area contributed by atoms with Crippen molar-refractivity contribution >= 4 is 11.8 Å². The topological polar surface area (TPSA) is 29.3 Å². The fourth-order valence-electron chi connectivity index (χ4n) is 3.07. The Morgan fingerprint density at radius 3 is 2.46 bits per heavy atom. The highest BCUT2D eigenvalue weighted by atomic mass is 15.1. The molecule has 1 atom stereocenters. The molecule has 0 aromatic heterocycles. The SMILES string of the molecule is C=Cc1ccc([C@@](C)(N)CC(=C)C)cc1N(C)Cc1ccccc1. The first-order valence-electron chi connectivity index (χ1n) is 8.29. The third-order valence-corrected chi connectivity index (χ3v) is 4.25. The highest BCUT2D eigenvalue weighted by Crippen LogP contribution is 2.31. The summed E-state index contributed by atoms with van der Waals surface area (Å²) in [6.45, 7) is 12.9. The summed E-state index contributed by atoms with van der Waals surface area (Å²) in [7, 11) is 2.10. The van der Waals surface area contributed by atoms with Crippen LogP contribution in [-0.4, -0.2) is 7.05 Å². The monoisotopic (exact) mass is 320 g/mol. The van der Waals surface area contributed by atoms with Gasteiger partial charge in [0.25, 0.3) is 0 Å². The lowest BCUT2D eigenvalue weighted by Gasteiger charge is -2.29. The third kappa shape index (κ3) is 4.36. The van der Waals surface area contributed by atoms with Gasteiger partial charge in [-0.3, -0.25) is 0 Å². The fourth-order valence-corrected chi connectivity index (χ4v) is 3.07. The van der Waals surface area contributed by atoms with Crippen molar-refractivity contribution in [3.05, 3.63) is 84.0 Å². The summed E-state index contributed by atoms with van der Waals surface area (Å²) in [5.74, 6) is 0. The molecule has 2 nitrogen and oxygen atoms in total. The Labute approximate surface area is 146 Å². The first-order valence-corrected chi connectivity index (χ1v) is 8.29. The van der Waals surface area contributed by atoms with Gasteiger partial charge >= 0.3 is 0 Å². The number of anilines is 1. The van der Waals surface area contributed by atoms with Gasteiger partial charge in [0.1, 0.15) is 0 Å². The van der Waals surface area contributed by atoms with Gasteiger partial charge in [0.15, 0.2) is 0 Å². The minimum Gasteiger partial charge on any atom is -0.370 e. The Kier molecular flexibility index (Phi) is 5.63. The van der Waals surface area contributed by atoms with Gasteiger partial charge in [0, 0.05) is 24.8 Å². The Hall–Kier alpha value is -2.32. The Morgan fingerprint density at radius 2 is 1.88 bits per heavy atom. The Morgan fingerprint density at radius 1 is 1.21 bits per heavy atom. The van der Waals surface area contributed by atoms with Crippen molar-refractivity contribution in [2.75, 3.05) is 11.9 Å². The zero-order chi connectivity index (χ0) is 17.7. The molecule has 0 fully saturated rings. The number of nitrogens with zero attached hydrogens (tertiary/aromatic N) is 1. The van der Waals surface area contributed by atoms with E-state index in [1.54, 1.807) is 0 Å². The summed E-state index contributed by atoms with van der Waals surface area (Å²) in [4.78, 5) is 2.24. The lowest BCUT2D eigenvalue weighted by Crippen LogP contribution is -2.33. The molecule has 0 saturated carbocycles. The summed E-state index contributed by atoms with van der Waals surface area (Å²) in [5, 5.41) is 0. The Bertz CT molecular complexity index is 714. The molecule has 0 aliphatic heterocycles. The van der Waals surface area contributed by atoms with Gasteiger partial charge in [-0.2, -0.15) is 0 Å². The van der Waals surface area contributed by atoms with Crippen molar-refractivity contribution < 1.29 is 0 Å². The lowest BCUT2D eigenvalue weighted by atomic mass is 9.86. The van der Waals surface area contributed by atoms with Gasteiger partial charge in [0.2, 0.25) is 0 Å². The average Bonchev–Trinajstić information content (AvgIpc) is 2.54. The van der Waals surface area contributed by atoms with E-state index in [9.17, 15) is 0 Å². The molecular formula is C22H28N2. The quantitative estimate of drug-likeness (QED) is 0.719. The summed E-state index contributed by atoms with van der Waals surface area (Å²) >= 11 is 0. The smallest absolute Gasteiger partial charge is 0.0443 e. The van der Waals surface area contributed by atoms with E-state index in [2.05, 4.69) is 74.5 Å². The molecule has 0 heterocycles. The molecule has 0 aliphatic rings. The van der Waals surface area contributed by atoms with Crippen LogP contribution in [0.15, 0.2) is 67.3 Å². The van der Waals surface area contributed by atoms with Gasteiger partial charge in [-0.15, -0.1) is 6.58 Å². The first-order chi connectivity index (χ1) is 11.3. The van der Waals surface area contributed by atoms with Crippen LogP contribution >= 0.6 is 0 Å². The zero-order valence-electron chi connectivity index (χ0n) is 15.0. The van der Waals surface area contributed by atoms with Gasteiger partial charge in [-0.05, 0) is 43.0 Å². The van der Waals surface area contributed by atoms with Crippen LogP contribution in [0.2, 0.25) is 0 Å². The molecule has 0 saturated heterocycles. The van der Waals surface area contributed by atoms with Crippen molar-refractivity contribution in [2.24, 2.45) is 5.73 Å². The molecule has 0 amide bonds. The van der Waals surface area contributed by atoms with E-state index in [1.165, 1.54) is 5.56 Å². The maximum absolute atomic E-state index is 6.55. The molecule has 0 bridgehead atoms. The second-order valence-corrected chi connectivity index (χ2v) is 6.87. The molecule has 2 heteroatoms. The molecule has 2 rings (SSSR count). The minimum absolute atomic E-state index is 0.423. The molecule has 0 radical (unpaired) electrons. The van der Waals surface area contributed by atoms with Crippen LogP contribution in [0.5, 0.6) is 0 Å². The second-order valence-electron chi connectivity index (χ2n) is 6.87. The number of nitrogens with two attached hydrogens (primary N) is 1. The van der Waals surface area contributed by atoms with Crippen molar-refractivity contribution in [3.63, 3.8) is 0 Å². The molecule has 2 N–H and O–H groups in total. The number of hydrogen-bond donors (Lipinski definition) is 1. The van der Waals surface area contributed by atoms with Crippen LogP contribution in [0.25, 0.3) is 6.08 Å². The molecular weight excluding hydrogens is 292 g/mol. The number of benzene rings is 2. The van der Waals surface area contributed by atoms with Crippen LogP contribution < -0.4 is 10.6 Å². The maximum atomic E-state index is 6.55. The van der Waals surface area contributed by atoms with Gasteiger partial charge in [-0.1, -0.05) is 60.7 Å². The number of hydrogen-bond acceptors (Lipinski definition) is 2. The first kappa shape index (κ1) is 18.0. The van der Waals surface area contributed by atoms with Gasteiger partial charge < -0.3 is 10.6 Å². The standard InChI is InChI=1S/C22H28N2/c1-6-19-12-13-20(22(4,23)15-17(2)3)14-21(19)24(5)16-18-10-8-7-9-11-18/h6-14H,1-2,15-16,23H2,3-5H3/t22-/m0/s1. The minimum atomic E-state index is -0.423. The summed E-state index contributed by atoms with van der Waals surface area (Å²) in [6.07, 6.45) is 2.66. The normalized spacial score (nSPS) is 13.2. The molecule has 2 aromatic rings. The van der Waals surface area contributed by atoms with Crippen molar-refractivity contribution in [3.8, 4) is 0 Å². The van der Waals surface area contributed by atoms with Crippen LogP contribution in [0, 0.1) is 0 Å². The van der Waals surface area contributed by atoms with Crippen molar-refractivity contribution in [1.82, 2.24) is 0 Å². The fraction of sp³-hybridized carbons (Fsp3) is 0.273. The van der Waals surface area contributed by atoms with Crippen LogP contribution in [0.4, 0.5) is 5.69 Å². The number of rotatable bonds is 7. The Balaban J connectivity index is 2.35. The van der Waals surface area contributed by atoms with Gasteiger partial charge in [-0.25, -0.2) is 0 Å². The van der Waals surface area contributed by atoms with Crippen LogP contribution in [0.3, 0.4) is 0 Å². The van der Waals surface area contributed by atoms with Crippen LogP contribution in [-0.2, 0) is 12.1 Å². The van der Waals surface area contributed by atoms with Crippen molar-refractivity contribution in [2.45, 2.75) is 32.4 Å². The van der Waals surface area contributed by atoms with E-state index < -0.39 is 5.54 Å². The van der Waals surface area contributed by atoms with E-state index in [4.69, 9.17) is 5.73 Å². The maximum Gasteiger partial charge on any atom is 0.0443 e. The van der Waals surface area contributed by atoms with E-state index in [0.29, 0.717) is 0 Å². The van der Waals surface area contributed by atoms with E-state index >= 15 is 0 Å². The van der Waals surface area contributed by atoms with E-state index in [-0.39, 0.29) is 0 Å². The molecule has 0 aliphatic carbocycles. The highest BCUT2D eigenvalue weighted by Gasteiger charge is 2.22. The second kappa shape index (κ2) is 7.50. The highest BCUT2D eigenvalue weighted by molar-refractivity contribution is 5.68. The van der Waals surface area contributed by atoms with Crippen LogP contribution in [0.1, 0.15) is 37.0 Å². The summed E-state index contributed by atoms with van der Waals surface area (Å²) < 4.78 is 0. The lowest BCUT2D eigenvalue weighted by molar-refractivity contribution is 0.490. The predicted octanol–water partition coefficient (Wildman–Crippen LogP) is 5.11. The van der Waals surface area contributed by atoms with E-state index in [0.717, 1.165) is 35.4 Å². The molecule has 24 heavy (non-hydrogen) atoms. The summed E-state index contributed by atoms with van der Waals surface area (Å²) in [6, 6.07) is 16.8. The third-order valence-electron chi connectivity index (χ3n) is 4.25. The largest absolute Gasteiger partial charge is 0.370 e. The molecule has 126 valence electrons. The molecule has 0 spiro atoms. The van der Waals surface area contributed by atoms with E-state index in [1.807, 2.05) is 19.1 Å². The molecule has 2 aromatic carbocycles. The summed E-state index contributed by atoms with van der Waals surface area (Å²) in [5.41, 5.74) is 11.9.